The lowest BCUT2D eigenvalue weighted by atomic mass is 10.1. The lowest BCUT2D eigenvalue weighted by molar-refractivity contribution is 0.560. The summed E-state index contributed by atoms with van der Waals surface area (Å²) in [6.45, 7) is 1.88. The van der Waals surface area contributed by atoms with Crippen LogP contribution >= 0.6 is 11.6 Å². The van der Waals surface area contributed by atoms with E-state index in [1.165, 1.54) is 0 Å². The van der Waals surface area contributed by atoms with E-state index in [1.807, 2.05) is 62.3 Å². The molecular formula is C20H27ClN2O2S. The third-order valence-electron chi connectivity index (χ3n) is 4.18. The molecule has 2 rings (SSSR count). The van der Waals surface area contributed by atoms with Gasteiger partial charge in [0.15, 0.2) is 0 Å². The molecule has 0 aliphatic rings. The lowest BCUT2D eigenvalue weighted by Gasteiger charge is -2.16. The molecule has 0 aliphatic carbocycles. The van der Waals surface area contributed by atoms with Gasteiger partial charge >= 0.3 is 0 Å². The minimum atomic E-state index is -3.52. The van der Waals surface area contributed by atoms with Gasteiger partial charge in [-0.25, -0.2) is 13.1 Å². The van der Waals surface area contributed by atoms with Crippen LogP contribution in [0.2, 0.25) is 0 Å². The van der Waals surface area contributed by atoms with Crippen LogP contribution in [0.3, 0.4) is 0 Å². The Bertz CT molecular complexity index is 788. The number of nitrogens with zero attached hydrogens (tertiary/aromatic N) is 1. The van der Waals surface area contributed by atoms with Gasteiger partial charge in [0.2, 0.25) is 10.0 Å². The molecule has 0 fully saturated rings. The van der Waals surface area contributed by atoms with Crippen LogP contribution in [0.25, 0.3) is 0 Å². The van der Waals surface area contributed by atoms with Gasteiger partial charge in [-0.05, 0) is 61.6 Å². The van der Waals surface area contributed by atoms with Gasteiger partial charge in [-0.1, -0.05) is 24.3 Å². The molecule has 142 valence electrons. The highest BCUT2D eigenvalue weighted by atomic mass is 35.5. The molecule has 0 heterocycles. The Labute approximate surface area is 162 Å². The third-order valence-corrected chi connectivity index (χ3v) is 6.06. The average molecular weight is 395 g/mol. The van der Waals surface area contributed by atoms with Crippen molar-refractivity contribution >= 4 is 27.3 Å². The highest BCUT2D eigenvalue weighted by molar-refractivity contribution is 7.89. The van der Waals surface area contributed by atoms with Crippen LogP contribution in [0, 0.1) is 0 Å². The Morgan fingerprint density at radius 2 is 1.58 bits per heavy atom. The van der Waals surface area contributed by atoms with Crippen LogP contribution in [0.4, 0.5) is 5.69 Å². The van der Waals surface area contributed by atoms with Crippen molar-refractivity contribution in [3.05, 3.63) is 59.7 Å². The fourth-order valence-electron chi connectivity index (χ4n) is 2.76. The zero-order valence-corrected chi connectivity index (χ0v) is 17.1. The van der Waals surface area contributed by atoms with Crippen molar-refractivity contribution in [1.82, 2.24) is 4.72 Å². The molecule has 2 aromatic carbocycles. The molecular weight excluding hydrogens is 368 g/mol. The van der Waals surface area contributed by atoms with E-state index in [9.17, 15) is 8.42 Å². The molecule has 0 bridgehead atoms. The number of anilines is 1. The fraction of sp³-hybridized carbons (Fsp3) is 0.400. The Balaban J connectivity index is 1.99. The maximum Gasteiger partial charge on any atom is 0.240 e. The van der Waals surface area contributed by atoms with E-state index in [-0.39, 0.29) is 6.04 Å². The minimum Gasteiger partial charge on any atom is -0.378 e. The largest absolute Gasteiger partial charge is 0.378 e. The minimum absolute atomic E-state index is 0.193. The van der Waals surface area contributed by atoms with Crippen molar-refractivity contribution in [2.24, 2.45) is 0 Å². The molecule has 1 N–H and O–H groups in total. The zero-order valence-electron chi connectivity index (χ0n) is 15.6. The number of benzene rings is 2. The Hall–Kier alpha value is -1.56. The first-order valence-corrected chi connectivity index (χ1v) is 10.8. The molecule has 0 amide bonds. The Morgan fingerprint density at radius 3 is 2.12 bits per heavy atom. The van der Waals surface area contributed by atoms with Crippen molar-refractivity contribution in [2.75, 3.05) is 24.9 Å². The van der Waals surface area contributed by atoms with Crippen LogP contribution in [-0.4, -0.2) is 34.4 Å². The number of sulfonamides is 1. The molecule has 2 aromatic rings. The van der Waals surface area contributed by atoms with Crippen molar-refractivity contribution < 1.29 is 8.42 Å². The standard InChI is InChI=1S/C20H27ClN2O2S/c1-16(15-18-6-10-19(11-7-18)23(2)3)22-26(24,25)20-12-8-17(9-13-20)5-4-14-21/h6-13,16,22H,4-5,14-15H2,1-3H3. The number of alkyl halides is 1. The topological polar surface area (TPSA) is 49.4 Å². The van der Waals surface area contributed by atoms with E-state index in [0.29, 0.717) is 17.2 Å². The smallest absolute Gasteiger partial charge is 0.240 e. The molecule has 0 spiro atoms. The number of halogens is 1. The summed E-state index contributed by atoms with van der Waals surface area (Å²) < 4.78 is 27.9. The molecule has 0 radical (unpaired) electrons. The maximum absolute atomic E-state index is 12.6. The van der Waals surface area contributed by atoms with Crippen molar-refractivity contribution in [3.8, 4) is 0 Å². The average Bonchev–Trinajstić information content (AvgIpc) is 2.60. The molecule has 0 aromatic heterocycles. The highest BCUT2D eigenvalue weighted by Crippen LogP contribution is 2.16. The van der Waals surface area contributed by atoms with E-state index in [2.05, 4.69) is 4.72 Å². The Morgan fingerprint density at radius 1 is 1.00 bits per heavy atom. The summed E-state index contributed by atoms with van der Waals surface area (Å²) in [6.07, 6.45) is 2.38. The summed E-state index contributed by atoms with van der Waals surface area (Å²) in [4.78, 5) is 2.33. The Kier molecular flexibility index (Phi) is 7.50. The molecule has 26 heavy (non-hydrogen) atoms. The number of nitrogens with one attached hydrogen (secondary N) is 1. The third kappa shape index (κ3) is 6.01. The van der Waals surface area contributed by atoms with Gasteiger partial charge in [-0.15, -0.1) is 11.6 Å². The molecule has 1 atom stereocenters. The molecule has 1 unspecified atom stereocenters. The van der Waals surface area contributed by atoms with Crippen molar-refractivity contribution in [2.45, 2.75) is 37.1 Å². The monoisotopic (exact) mass is 394 g/mol. The van der Waals surface area contributed by atoms with E-state index in [0.717, 1.165) is 29.7 Å². The van der Waals surface area contributed by atoms with Crippen LogP contribution in [0.1, 0.15) is 24.5 Å². The molecule has 6 heteroatoms. The summed E-state index contributed by atoms with van der Waals surface area (Å²) in [5.74, 6) is 0.606. The highest BCUT2D eigenvalue weighted by Gasteiger charge is 2.17. The molecule has 0 saturated heterocycles. The van der Waals surface area contributed by atoms with E-state index < -0.39 is 10.0 Å². The summed E-state index contributed by atoms with van der Waals surface area (Å²) in [6, 6.07) is 15.0. The normalized spacial score (nSPS) is 12.8. The first-order chi connectivity index (χ1) is 12.3. The maximum atomic E-state index is 12.6. The summed E-state index contributed by atoms with van der Waals surface area (Å²) >= 11 is 5.69. The summed E-state index contributed by atoms with van der Waals surface area (Å²) in [5, 5.41) is 0. The number of hydrogen-bond donors (Lipinski definition) is 1. The zero-order chi connectivity index (χ0) is 19.2. The SMILES string of the molecule is CC(Cc1ccc(N(C)C)cc1)NS(=O)(=O)c1ccc(CCCCl)cc1. The summed E-state index contributed by atoms with van der Waals surface area (Å²) in [5.41, 5.74) is 3.32. The van der Waals surface area contributed by atoms with E-state index >= 15 is 0 Å². The number of hydrogen-bond acceptors (Lipinski definition) is 3. The first kappa shape index (κ1) is 20.7. The first-order valence-electron chi connectivity index (χ1n) is 8.75. The van der Waals surface area contributed by atoms with Crippen LogP contribution in [0.5, 0.6) is 0 Å². The van der Waals surface area contributed by atoms with E-state index in [4.69, 9.17) is 11.6 Å². The van der Waals surface area contributed by atoms with Gasteiger partial charge in [-0.3, -0.25) is 0 Å². The van der Waals surface area contributed by atoms with Gasteiger partial charge in [-0.2, -0.15) is 0 Å². The van der Waals surface area contributed by atoms with Crippen LogP contribution < -0.4 is 9.62 Å². The predicted octanol–water partition coefficient (Wildman–Crippen LogP) is 3.83. The summed E-state index contributed by atoms with van der Waals surface area (Å²) in [7, 11) is 0.463. The van der Waals surface area contributed by atoms with Crippen LogP contribution in [-0.2, 0) is 22.9 Å². The molecule has 0 aliphatic heterocycles. The van der Waals surface area contributed by atoms with E-state index in [1.54, 1.807) is 12.1 Å². The van der Waals surface area contributed by atoms with Gasteiger partial charge in [0.1, 0.15) is 0 Å². The van der Waals surface area contributed by atoms with Crippen molar-refractivity contribution in [3.63, 3.8) is 0 Å². The van der Waals surface area contributed by atoms with Gasteiger partial charge in [0.25, 0.3) is 0 Å². The quantitative estimate of drug-likeness (QED) is 0.657. The van der Waals surface area contributed by atoms with Gasteiger partial charge in [0.05, 0.1) is 4.90 Å². The predicted molar refractivity (Wildman–Crippen MR) is 110 cm³/mol. The number of rotatable bonds is 9. The van der Waals surface area contributed by atoms with Crippen molar-refractivity contribution in [1.29, 1.82) is 0 Å². The molecule has 4 nitrogen and oxygen atoms in total. The van der Waals surface area contributed by atoms with Gasteiger partial charge < -0.3 is 4.90 Å². The second-order valence-corrected chi connectivity index (χ2v) is 8.82. The van der Waals surface area contributed by atoms with Gasteiger partial charge in [0, 0.05) is 31.7 Å². The second kappa shape index (κ2) is 9.40. The fourth-order valence-corrected chi connectivity index (χ4v) is 4.14. The van der Waals surface area contributed by atoms with Crippen LogP contribution in [0.15, 0.2) is 53.4 Å². The number of aryl methyl sites for hydroxylation is 1. The molecule has 0 saturated carbocycles. The lowest BCUT2D eigenvalue weighted by Crippen LogP contribution is -2.34. The second-order valence-electron chi connectivity index (χ2n) is 6.72.